The van der Waals surface area contributed by atoms with Gasteiger partial charge in [0.15, 0.2) is 0 Å². The highest BCUT2D eigenvalue weighted by Crippen LogP contribution is 2.31. The molecule has 1 fully saturated rings. The van der Waals surface area contributed by atoms with Gasteiger partial charge in [-0.15, -0.1) is 0 Å². The van der Waals surface area contributed by atoms with Gasteiger partial charge in [-0.25, -0.2) is 4.98 Å². The predicted octanol–water partition coefficient (Wildman–Crippen LogP) is 3.38. The predicted molar refractivity (Wildman–Crippen MR) is 75.4 cm³/mol. The number of nitrogens with zero attached hydrogens (tertiary/aromatic N) is 2. The van der Waals surface area contributed by atoms with Crippen molar-refractivity contribution in [1.82, 2.24) is 14.9 Å². The fraction of sp³-hybridized carbons (Fsp3) is 0.800. The average molecular weight is 249 g/mol. The number of hydrogen-bond acceptors (Lipinski definition) is 2. The number of rotatable bonds is 5. The Morgan fingerprint density at radius 3 is 3.00 bits per heavy atom. The van der Waals surface area contributed by atoms with E-state index < -0.39 is 0 Å². The molecule has 2 rings (SSSR count). The van der Waals surface area contributed by atoms with Crippen molar-refractivity contribution in [2.45, 2.75) is 59.0 Å². The van der Waals surface area contributed by atoms with Crippen LogP contribution in [0.1, 0.15) is 58.2 Å². The number of nitrogens with one attached hydrogen (secondary N) is 1. The maximum atomic E-state index is 4.51. The molecule has 2 atom stereocenters. The molecule has 1 aliphatic rings. The number of hydrogen-bond donors (Lipinski definition) is 1. The molecule has 0 aromatic carbocycles. The fourth-order valence-electron chi connectivity index (χ4n) is 2.83. The lowest BCUT2D eigenvalue weighted by atomic mass is 9.87. The molecule has 18 heavy (non-hydrogen) atoms. The standard InChI is InChI=1S/C15H27N3/c1-12(2)8-16-9-14-10-18(11-17-14)15-6-4-5-13(3)7-15/h10-13,15-16H,4-9H2,1-3H3. The van der Waals surface area contributed by atoms with Gasteiger partial charge in [0.05, 0.1) is 12.0 Å². The summed E-state index contributed by atoms with van der Waals surface area (Å²) in [4.78, 5) is 4.51. The van der Waals surface area contributed by atoms with E-state index in [-0.39, 0.29) is 0 Å². The monoisotopic (exact) mass is 249 g/mol. The van der Waals surface area contributed by atoms with E-state index in [1.165, 1.54) is 31.4 Å². The molecule has 0 radical (unpaired) electrons. The van der Waals surface area contributed by atoms with Crippen molar-refractivity contribution in [1.29, 1.82) is 0 Å². The highest BCUT2D eigenvalue weighted by Gasteiger charge is 2.20. The molecule has 102 valence electrons. The normalized spacial score (nSPS) is 24.7. The van der Waals surface area contributed by atoms with Crippen LogP contribution in [0.5, 0.6) is 0 Å². The van der Waals surface area contributed by atoms with Gasteiger partial charge in [0.25, 0.3) is 0 Å². The summed E-state index contributed by atoms with van der Waals surface area (Å²) in [6.07, 6.45) is 9.65. The maximum absolute atomic E-state index is 4.51. The molecule has 2 unspecified atom stereocenters. The van der Waals surface area contributed by atoms with E-state index in [0.717, 1.165) is 19.0 Å². The highest BCUT2D eigenvalue weighted by molar-refractivity contribution is 4.98. The van der Waals surface area contributed by atoms with Crippen LogP contribution in [0.4, 0.5) is 0 Å². The molecule has 0 spiro atoms. The van der Waals surface area contributed by atoms with Crippen LogP contribution in [-0.4, -0.2) is 16.1 Å². The molecule has 1 aromatic heterocycles. The van der Waals surface area contributed by atoms with Crippen molar-refractivity contribution in [3.8, 4) is 0 Å². The zero-order valence-electron chi connectivity index (χ0n) is 12.0. The lowest BCUT2D eigenvalue weighted by Gasteiger charge is -2.27. The van der Waals surface area contributed by atoms with E-state index in [9.17, 15) is 0 Å². The summed E-state index contributed by atoms with van der Waals surface area (Å²) >= 11 is 0. The van der Waals surface area contributed by atoms with Crippen molar-refractivity contribution in [2.75, 3.05) is 6.54 Å². The maximum Gasteiger partial charge on any atom is 0.0952 e. The Balaban J connectivity index is 1.85. The summed E-state index contributed by atoms with van der Waals surface area (Å²) < 4.78 is 2.34. The van der Waals surface area contributed by atoms with Crippen molar-refractivity contribution in [3.05, 3.63) is 18.2 Å². The summed E-state index contributed by atoms with van der Waals surface area (Å²) in [7, 11) is 0. The Kier molecular flexibility index (Phi) is 4.81. The van der Waals surface area contributed by atoms with Crippen molar-refractivity contribution in [2.24, 2.45) is 11.8 Å². The van der Waals surface area contributed by atoms with Gasteiger partial charge < -0.3 is 9.88 Å². The highest BCUT2D eigenvalue weighted by atomic mass is 15.1. The molecular formula is C15H27N3. The molecule has 1 aliphatic carbocycles. The molecule has 0 aliphatic heterocycles. The summed E-state index contributed by atoms with van der Waals surface area (Å²) in [5.41, 5.74) is 1.17. The lowest BCUT2D eigenvalue weighted by molar-refractivity contribution is 0.282. The Morgan fingerprint density at radius 2 is 2.28 bits per heavy atom. The second-order valence-corrected chi connectivity index (χ2v) is 6.26. The van der Waals surface area contributed by atoms with Crippen LogP contribution in [0.25, 0.3) is 0 Å². The number of aromatic nitrogens is 2. The van der Waals surface area contributed by atoms with Crippen LogP contribution in [-0.2, 0) is 6.54 Å². The van der Waals surface area contributed by atoms with E-state index in [1.54, 1.807) is 0 Å². The van der Waals surface area contributed by atoms with E-state index in [2.05, 4.69) is 41.8 Å². The van der Waals surface area contributed by atoms with Gasteiger partial charge in [-0.1, -0.05) is 33.6 Å². The van der Waals surface area contributed by atoms with Gasteiger partial charge in [-0.05, 0) is 31.2 Å². The minimum Gasteiger partial charge on any atom is -0.334 e. The SMILES string of the molecule is CC(C)CNCc1cn(C2CCCC(C)C2)cn1. The third-order valence-electron chi connectivity index (χ3n) is 3.84. The van der Waals surface area contributed by atoms with Crippen molar-refractivity contribution < 1.29 is 0 Å². The summed E-state index contributed by atoms with van der Waals surface area (Å²) in [5.74, 6) is 1.57. The Morgan fingerprint density at radius 1 is 1.44 bits per heavy atom. The molecule has 0 amide bonds. The second kappa shape index (κ2) is 6.37. The minimum atomic E-state index is 0.681. The first kappa shape index (κ1) is 13.6. The van der Waals surface area contributed by atoms with Crippen LogP contribution in [0.15, 0.2) is 12.5 Å². The third kappa shape index (κ3) is 3.84. The minimum absolute atomic E-state index is 0.681. The first-order valence-electron chi connectivity index (χ1n) is 7.38. The molecule has 1 N–H and O–H groups in total. The van der Waals surface area contributed by atoms with Gasteiger partial charge >= 0.3 is 0 Å². The zero-order valence-corrected chi connectivity index (χ0v) is 12.0. The molecule has 3 heteroatoms. The molecule has 0 bridgehead atoms. The van der Waals surface area contributed by atoms with Crippen LogP contribution < -0.4 is 5.32 Å². The molecule has 0 saturated heterocycles. The quantitative estimate of drug-likeness (QED) is 0.867. The molecule has 1 aromatic rings. The number of imidazole rings is 1. The topological polar surface area (TPSA) is 29.9 Å². The molecular weight excluding hydrogens is 222 g/mol. The van der Waals surface area contributed by atoms with Gasteiger partial charge in [-0.2, -0.15) is 0 Å². The lowest BCUT2D eigenvalue weighted by Crippen LogP contribution is -2.19. The summed E-state index contributed by atoms with van der Waals surface area (Å²) in [5, 5.41) is 3.45. The summed E-state index contributed by atoms with van der Waals surface area (Å²) in [6, 6.07) is 0.681. The second-order valence-electron chi connectivity index (χ2n) is 6.26. The third-order valence-corrected chi connectivity index (χ3v) is 3.84. The van der Waals surface area contributed by atoms with Gasteiger partial charge in [0.2, 0.25) is 0 Å². The fourth-order valence-corrected chi connectivity index (χ4v) is 2.83. The van der Waals surface area contributed by atoms with E-state index in [0.29, 0.717) is 12.0 Å². The summed E-state index contributed by atoms with van der Waals surface area (Å²) in [6.45, 7) is 8.79. The van der Waals surface area contributed by atoms with E-state index in [4.69, 9.17) is 0 Å². The van der Waals surface area contributed by atoms with Gasteiger partial charge in [-0.3, -0.25) is 0 Å². The van der Waals surface area contributed by atoms with Crippen LogP contribution >= 0.6 is 0 Å². The first-order valence-corrected chi connectivity index (χ1v) is 7.38. The van der Waals surface area contributed by atoms with E-state index >= 15 is 0 Å². The van der Waals surface area contributed by atoms with Crippen LogP contribution in [0.2, 0.25) is 0 Å². The Bertz CT molecular complexity index is 356. The first-order chi connectivity index (χ1) is 8.65. The van der Waals surface area contributed by atoms with Crippen molar-refractivity contribution in [3.63, 3.8) is 0 Å². The van der Waals surface area contributed by atoms with E-state index in [1.807, 2.05) is 6.33 Å². The van der Waals surface area contributed by atoms with Gasteiger partial charge in [0.1, 0.15) is 0 Å². The average Bonchev–Trinajstić information content (AvgIpc) is 2.77. The molecule has 1 heterocycles. The largest absolute Gasteiger partial charge is 0.334 e. The zero-order chi connectivity index (χ0) is 13.0. The Labute approximate surface area is 111 Å². The van der Waals surface area contributed by atoms with Crippen molar-refractivity contribution >= 4 is 0 Å². The van der Waals surface area contributed by atoms with Gasteiger partial charge in [0, 0.05) is 18.8 Å². The molecule has 1 saturated carbocycles. The van der Waals surface area contributed by atoms with Crippen LogP contribution in [0.3, 0.4) is 0 Å². The smallest absolute Gasteiger partial charge is 0.0952 e. The van der Waals surface area contributed by atoms with Crippen LogP contribution in [0, 0.1) is 11.8 Å². The Hall–Kier alpha value is -0.830. The molecule has 3 nitrogen and oxygen atoms in total.